The van der Waals surface area contributed by atoms with Crippen LogP contribution in [-0.4, -0.2) is 34.4 Å². The number of alkyl halides is 3. The predicted octanol–water partition coefficient (Wildman–Crippen LogP) is 4.62. The Kier molecular flexibility index (Phi) is 6.37. The first-order valence-corrected chi connectivity index (χ1v) is 8.49. The molecule has 1 N–H and O–H groups in total. The molecule has 2 rings (SSSR count). The third-order valence-electron chi connectivity index (χ3n) is 3.42. The zero-order chi connectivity index (χ0) is 20.9. The number of carbonyl (C=O) groups excluding carboxylic acids is 1. The minimum Gasteiger partial charge on any atom is -0.444 e. The van der Waals surface area contributed by atoms with Crippen molar-refractivity contribution in [1.29, 1.82) is 0 Å². The van der Waals surface area contributed by atoms with Crippen LogP contribution in [-0.2, 0) is 11.3 Å². The number of hydrogen-bond acceptors (Lipinski definition) is 4. The van der Waals surface area contributed by atoms with Gasteiger partial charge in [-0.1, -0.05) is 18.7 Å². The van der Waals surface area contributed by atoms with Crippen LogP contribution in [0, 0.1) is 0 Å². The number of halogens is 3. The van der Waals surface area contributed by atoms with Gasteiger partial charge in [0.1, 0.15) is 11.4 Å². The molecule has 9 heteroatoms. The zero-order valence-corrected chi connectivity index (χ0v) is 15.8. The second-order valence-electron chi connectivity index (χ2n) is 6.93. The Morgan fingerprint density at radius 3 is 2.64 bits per heavy atom. The smallest absolute Gasteiger partial charge is 0.444 e. The van der Waals surface area contributed by atoms with Gasteiger partial charge in [0.2, 0.25) is 0 Å². The van der Waals surface area contributed by atoms with Gasteiger partial charge in [-0.2, -0.15) is 5.10 Å². The van der Waals surface area contributed by atoms with Gasteiger partial charge in [-0.25, -0.2) is 4.79 Å². The monoisotopic (exact) mass is 397 g/mol. The molecule has 28 heavy (non-hydrogen) atoms. The number of nitrogens with zero attached hydrogens (tertiary/aromatic N) is 2. The lowest BCUT2D eigenvalue weighted by atomic mass is 10.0. The van der Waals surface area contributed by atoms with Crippen molar-refractivity contribution in [3.05, 3.63) is 42.7 Å². The van der Waals surface area contributed by atoms with Gasteiger partial charge in [-0.15, -0.1) is 13.2 Å². The van der Waals surface area contributed by atoms with Crippen molar-refractivity contribution in [1.82, 2.24) is 15.1 Å². The van der Waals surface area contributed by atoms with Crippen molar-refractivity contribution in [2.24, 2.45) is 0 Å². The van der Waals surface area contributed by atoms with E-state index in [0.717, 1.165) is 0 Å². The fourth-order valence-corrected chi connectivity index (χ4v) is 2.33. The quantitative estimate of drug-likeness (QED) is 0.773. The molecule has 0 atom stereocenters. The number of ether oxygens (including phenoxy) is 2. The van der Waals surface area contributed by atoms with Crippen molar-refractivity contribution >= 4 is 12.2 Å². The number of benzene rings is 1. The number of carbonyl (C=O) groups is 1. The molecule has 0 aliphatic carbocycles. The molecule has 1 amide bonds. The lowest BCUT2D eigenvalue weighted by Gasteiger charge is -2.19. The van der Waals surface area contributed by atoms with E-state index in [4.69, 9.17) is 4.74 Å². The molecule has 0 aliphatic heterocycles. The van der Waals surface area contributed by atoms with E-state index in [1.165, 1.54) is 35.2 Å². The highest BCUT2D eigenvalue weighted by Crippen LogP contribution is 2.34. The van der Waals surface area contributed by atoms with Crippen molar-refractivity contribution in [3.63, 3.8) is 0 Å². The molecule has 0 fully saturated rings. The summed E-state index contributed by atoms with van der Waals surface area (Å²) in [6.07, 6.45) is -0.839. The maximum absolute atomic E-state index is 12.7. The number of amides is 1. The minimum absolute atomic E-state index is 0.237. The molecule has 0 bridgehead atoms. The lowest BCUT2D eigenvalue weighted by Crippen LogP contribution is -2.34. The van der Waals surface area contributed by atoms with Gasteiger partial charge >= 0.3 is 12.5 Å². The van der Waals surface area contributed by atoms with Crippen molar-refractivity contribution in [3.8, 4) is 16.9 Å². The van der Waals surface area contributed by atoms with E-state index in [-0.39, 0.29) is 17.9 Å². The molecule has 6 nitrogen and oxygen atoms in total. The fraction of sp³-hybridized carbons (Fsp3) is 0.368. The van der Waals surface area contributed by atoms with E-state index in [1.807, 2.05) is 0 Å². The Balaban J connectivity index is 2.10. The van der Waals surface area contributed by atoms with Gasteiger partial charge in [-0.05, 0) is 38.5 Å². The molecule has 152 valence electrons. The van der Waals surface area contributed by atoms with Crippen LogP contribution in [0.1, 0.15) is 26.3 Å². The van der Waals surface area contributed by atoms with Crippen LogP contribution in [0.15, 0.2) is 37.2 Å². The van der Waals surface area contributed by atoms with E-state index in [2.05, 4.69) is 21.7 Å². The lowest BCUT2D eigenvalue weighted by molar-refractivity contribution is -0.274. The standard InChI is InChI=1S/C19H22F3N3O3/c1-5-13-6-7-16(27-19(20,21)22)15(10-13)14-11-24-25(12-14)9-8-23-17(26)28-18(2,3)4/h5-7,10-12H,1,8-9H2,2-4H3,(H,23,26). The molecule has 0 aliphatic rings. The van der Waals surface area contributed by atoms with Crippen molar-refractivity contribution in [2.75, 3.05) is 6.54 Å². The number of aromatic nitrogens is 2. The number of nitrogens with one attached hydrogen (secondary N) is 1. The molecule has 0 spiro atoms. The van der Waals surface area contributed by atoms with Crippen LogP contribution in [0.25, 0.3) is 17.2 Å². The molecule has 0 saturated heterocycles. The molecule has 2 aromatic rings. The van der Waals surface area contributed by atoms with E-state index in [0.29, 0.717) is 17.7 Å². The Bertz CT molecular complexity index is 839. The summed E-state index contributed by atoms with van der Waals surface area (Å²) >= 11 is 0. The highest BCUT2D eigenvalue weighted by atomic mass is 19.4. The van der Waals surface area contributed by atoms with Gasteiger partial charge in [0, 0.05) is 23.9 Å². The summed E-state index contributed by atoms with van der Waals surface area (Å²) in [4.78, 5) is 11.6. The van der Waals surface area contributed by atoms with Crippen LogP contribution < -0.4 is 10.1 Å². The first-order valence-electron chi connectivity index (χ1n) is 8.49. The summed E-state index contributed by atoms with van der Waals surface area (Å²) in [6, 6.07) is 4.25. The summed E-state index contributed by atoms with van der Waals surface area (Å²) in [6.45, 7) is 9.44. The summed E-state index contributed by atoms with van der Waals surface area (Å²) in [5, 5.41) is 6.71. The van der Waals surface area contributed by atoms with Crippen molar-refractivity contribution in [2.45, 2.75) is 39.3 Å². The highest BCUT2D eigenvalue weighted by molar-refractivity contribution is 5.72. The van der Waals surface area contributed by atoms with E-state index < -0.39 is 18.1 Å². The first-order chi connectivity index (χ1) is 13.0. The molecule has 1 heterocycles. The summed E-state index contributed by atoms with van der Waals surface area (Å²) in [7, 11) is 0. The molecule has 1 aromatic heterocycles. The third kappa shape index (κ3) is 6.64. The van der Waals surface area contributed by atoms with Crippen LogP contribution in [0.2, 0.25) is 0 Å². The minimum atomic E-state index is -4.81. The normalized spacial score (nSPS) is 11.8. The SMILES string of the molecule is C=Cc1ccc(OC(F)(F)F)c(-c2cnn(CCNC(=O)OC(C)(C)C)c2)c1. The Labute approximate surface area is 160 Å². The summed E-state index contributed by atoms with van der Waals surface area (Å²) in [5.41, 5.74) is 0.721. The average Bonchev–Trinajstić information content (AvgIpc) is 3.00. The fourth-order valence-electron chi connectivity index (χ4n) is 2.33. The van der Waals surface area contributed by atoms with Gasteiger partial charge in [0.15, 0.2) is 0 Å². The maximum atomic E-state index is 12.7. The van der Waals surface area contributed by atoms with Crippen molar-refractivity contribution < 1.29 is 27.4 Å². The zero-order valence-electron chi connectivity index (χ0n) is 15.8. The number of rotatable bonds is 6. The van der Waals surface area contributed by atoms with Gasteiger partial charge in [-0.3, -0.25) is 4.68 Å². The Morgan fingerprint density at radius 1 is 1.32 bits per heavy atom. The second-order valence-corrected chi connectivity index (χ2v) is 6.93. The molecule has 0 saturated carbocycles. The first kappa shape index (κ1) is 21.3. The van der Waals surface area contributed by atoms with Crippen LogP contribution in [0.4, 0.5) is 18.0 Å². The van der Waals surface area contributed by atoms with Gasteiger partial charge in [0.25, 0.3) is 0 Å². The van der Waals surface area contributed by atoms with Crippen LogP contribution in [0.3, 0.4) is 0 Å². The van der Waals surface area contributed by atoms with Crippen LogP contribution in [0.5, 0.6) is 5.75 Å². The topological polar surface area (TPSA) is 65.4 Å². The van der Waals surface area contributed by atoms with E-state index >= 15 is 0 Å². The van der Waals surface area contributed by atoms with E-state index in [9.17, 15) is 18.0 Å². The van der Waals surface area contributed by atoms with E-state index in [1.54, 1.807) is 27.0 Å². The predicted molar refractivity (Wildman–Crippen MR) is 98.7 cm³/mol. The maximum Gasteiger partial charge on any atom is 0.573 e. The number of alkyl carbamates (subject to hydrolysis) is 1. The number of hydrogen-bond donors (Lipinski definition) is 1. The largest absolute Gasteiger partial charge is 0.573 e. The second kappa shape index (κ2) is 8.37. The van der Waals surface area contributed by atoms with Gasteiger partial charge < -0.3 is 14.8 Å². The Morgan fingerprint density at radius 2 is 2.04 bits per heavy atom. The molecule has 0 radical (unpaired) electrons. The average molecular weight is 397 g/mol. The third-order valence-corrected chi connectivity index (χ3v) is 3.42. The van der Waals surface area contributed by atoms with Gasteiger partial charge in [0.05, 0.1) is 12.7 Å². The molecular weight excluding hydrogens is 375 g/mol. The molecular formula is C19H22F3N3O3. The molecule has 0 unspecified atom stereocenters. The molecule has 1 aromatic carbocycles. The highest BCUT2D eigenvalue weighted by Gasteiger charge is 2.32. The summed E-state index contributed by atoms with van der Waals surface area (Å²) in [5.74, 6) is -0.329. The van der Waals surface area contributed by atoms with Crippen LogP contribution >= 0.6 is 0 Å². The summed E-state index contributed by atoms with van der Waals surface area (Å²) < 4.78 is 48.7. The Hall–Kier alpha value is -2.97.